The number of hydrogen-bond donors (Lipinski definition) is 2. The van der Waals surface area contributed by atoms with E-state index in [9.17, 15) is 13.2 Å². The van der Waals surface area contributed by atoms with Crippen LogP contribution >= 0.6 is 0 Å². The summed E-state index contributed by atoms with van der Waals surface area (Å²) in [6.07, 6.45) is 0.279. The summed E-state index contributed by atoms with van der Waals surface area (Å²) in [5, 5.41) is 8.56. The Kier molecular flexibility index (Phi) is 6.46. The summed E-state index contributed by atoms with van der Waals surface area (Å²) in [7, 11) is -1.91. The maximum atomic E-state index is 11.2. The first-order chi connectivity index (χ1) is 6.89. The van der Waals surface area contributed by atoms with Crippen molar-refractivity contribution in [3.05, 3.63) is 0 Å². The first-order valence-corrected chi connectivity index (χ1v) is 6.23. The molecule has 0 aliphatic carbocycles. The number of carboxylic acids is 1. The van der Waals surface area contributed by atoms with E-state index in [2.05, 4.69) is 9.46 Å². The Morgan fingerprint density at radius 3 is 2.60 bits per heavy atom. The lowest BCUT2D eigenvalue weighted by atomic mass is 10.1. The number of methoxy groups -OCH3 is 1. The number of rotatable bonds is 8. The molecule has 90 valence electrons. The van der Waals surface area contributed by atoms with Crippen LogP contribution in [0.3, 0.4) is 0 Å². The maximum absolute atomic E-state index is 11.2. The number of nitrogens with one attached hydrogen (secondary N) is 1. The highest BCUT2D eigenvalue weighted by Gasteiger charge is 2.13. The van der Waals surface area contributed by atoms with Gasteiger partial charge in [0.25, 0.3) is 0 Å². The summed E-state index contributed by atoms with van der Waals surface area (Å²) in [5.74, 6) is -1.58. The number of carboxylic acid groups (broad SMARTS) is 1. The smallest absolute Gasteiger partial charge is 0.306 e. The Morgan fingerprint density at radius 2 is 2.13 bits per heavy atom. The van der Waals surface area contributed by atoms with E-state index in [-0.39, 0.29) is 25.3 Å². The summed E-state index contributed by atoms with van der Waals surface area (Å²) < 4.78 is 29.3. The second-order valence-electron chi connectivity index (χ2n) is 3.23. The van der Waals surface area contributed by atoms with Crippen molar-refractivity contribution in [1.29, 1.82) is 0 Å². The van der Waals surface area contributed by atoms with Gasteiger partial charge in [0.1, 0.15) is 0 Å². The zero-order valence-corrected chi connectivity index (χ0v) is 9.71. The molecular formula is C8H17NO5S. The number of hydrogen-bond acceptors (Lipinski definition) is 4. The van der Waals surface area contributed by atoms with Gasteiger partial charge in [0.05, 0.1) is 18.3 Å². The molecule has 0 radical (unpaired) electrons. The number of aliphatic carboxylic acids is 1. The fraction of sp³-hybridized carbons (Fsp3) is 0.875. The van der Waals surface area contributed by atoms with Crippen molar-refractivity contribution >= 4 is 16.0 Å². The highest BCUT2D eigenvalue weighted by Crippen LogP contribution is 2.00. The third-order valence-corrected chi connectivity index (χ3v) is 3.23. The van der Waals surface area contributed by atoms with Crippen molar-refractivity contribution in [1.82, 2.24) is 4.72 Å². The molecule has 0 aliphatic rings. The lowest BCUT2D eigenvalue weighted by molar-refractivity contribution is -0.141. The van der Waals surface area contributed by atoms with Crippen LogP contribution in [0.2, 0.25) is 0 Å². The molecule has 1 unspecified atom stereocenters. The minimum absolute atomic E-state index is 0.106. The lowest BCUT2D eigenvalue weighted by Gasteiger charge is -2.08. The molecule has 0 heterocycles. The molecule has 0 aliphatic heterocycles. The predicted octanol–water partition coefficient (Wildman–Crippen LogP) is -0.337. The standard InChI is InChI=1S/C8H17NO5S/c1-7(8(10)11)3-4-9-15(12,13)6-5-14-2/h7,9H,3-6H2,1-2H3,(H,10,11). The van der Waals surface area contributed by atoms with Gasteiger partial charge in [-0.25, -0.2) is 13.1 Å². The quantitative estimate of drug-likeness (QED) is 0.604. The Morgan fingerprint density at radius 1 is 1.53 bits per heavy atom. The van der Waals surface area contributed by atoms with E-state index >= 15 is 0 Å². The van der Waals surface area contributed by atoms with Gasteiger partial charge in [0.2, 0.25) is 10.0 Å². The Labute approximate surface area is 89.7 Å². The predicted molar refractivity (Wildman–Crippen MR) is 55.1 cm³/mol. The van der Waals surface area contributed by atoms with Crippen LogP contribution in [-0.2, 0) is 19.6 Å². The van der Waals surface area contributed by atoms with E-state index < -0.39 is 21.9 Å². The van der Waals surface area contributed by atoms with E-state index in [0.717, 1.165) is 0 Å². The zero-order chi connectivity index (χ0) is 11.9. The zero-order valence-electron chi connectivity index (χ0n) is 8.89. The summed E-state index contributed by atoms with van der Waals surface area (Å²) in [4.78, 5) is 10.4. The molecule has 0 aromatic heterocycles. The summed E-state index contributed by atoms with van der Waals surface area (Å²) in [5.41, 5.74) is 0. The Bertz CT molecular complexity index is 287. The third kappa shape index (κ3) is 7.29. The van der Waals surface area contributed by atoms with E-state index in [1.54, 1.807) is 0 Å². The van der Waals surface area contributed by atoms with E-state index in [0.29, 0.717) is 0 Å². The van der Waals surface area contributed by atoms with Crippen molar-refractivity contribution in [2.24, 2.45) is 5.92 Å². The molecule has 6 nitrogen and oxygen atoms in total. The van der Waals surface area contributed by atoms with Crippen LogP contribution in [0.1, 0.15) is 13.3 Å². The lowest BCUT2D eigenvalue weighted by Crippen LogP contribution is -2.30. The van der Waals surface area contributed by atoms with E-state index in [1.807, 2.05) is 0 Å². The van der Waals surface area contributed by atoms with Crippen molar-refractivity contribution < 1.29 is 23.1 Å². The van der Waals surface area contributed by atoms with Gasteiger partial charge >= 0.3 is 5.97 Å². The van der Waals surface area contributed by atoms with Crippen LogP contribution in [-0.4, -0.2) is 45.5 Å². The Hall–Kier alpha value is -0.660. The van der Waals surface area contributed by atoms with Crippen LogP contribution in [0.15, 0.2) is 0 Å². The van der Waals surface area contributed by atoms with Crippen LogP contribution in [0.25, 0.3) is 0 Å². The molecule has 0 saturated heterocycles. The molecular weight excluding hydrogens is 222 g/mol. The SMILES string of the molecule is COCCS(=O)(=O)NCCC(C)C(=O)O. The molecule has 0 saturated carbocycles. The second kappa shape index (κ2) is 6.76. The van der Waals surface area contributed by atoms with Crippen molar-refractivity contribution in [2.75, 3.05) is 26.0 Å². The van der Waals surface area contributed by atoms with Gasteiger partial charge in [0, 0.05) is 13.7 Å². The van der Waals surface area contributed by atoms with Gasteiger partial charge in [-0.05, 0) is 6.42 Å². The van der Waals surface area contributed by atoms with Gasteiger partial charge in [-0.3, -0.25) is 4.79 Å². The van der Waals surface area contributed by atoms with Gasteiger partial charge in [-0.1, -0.05) is 6.92 Å². The number of ether oxygens (including phenoxy) is 1. The maximum Gasteiger partial charge on any atom is 0.306 e. The van der Waals surface area contributed by atoms with Gasteiger partial charge in [0.15, 0.2) is 0 Å². The molecule has 0 bridgehead atoms. The molecule has 15 heavy (non-hydrogen) atoms. The minimum atomic E-state index is -3.33. The highest BCUT2D eigenvalue weighted by atomic mass is 32.2. The highest BCUT2D eigenvalue weighted by molar-refractivity contribution is 7.89. The van der Waals surface area contributed by atoms with Crippen molar-refractivity contribution in [3.8, 4) is 0 Å². The molecule has 1 atom stereocenters. The van der Waals surface area contributed by atoms with Crippen LogP contribution in [0, 0.1) is 5.92 Å². The average molecular weight is 239 g/mol. The average Bonchev–Trinajstić information content (AvgIpc) is 2.14. The normalized spacial score (nSPS) is 13.7. The van der Waals surface area contributed by atoms with Crippen LogP contribution in [0.5, 0.6) is 0 Å². The third-order valence-electron chi connectivity index (χ3n) is 1.88. The monoisotopic (exact) mass is 239 g/mol. The fourth-order valence-corrected chi connectivity index (χ4v) is 1.78. The molecule has 0 spiro atoms. The van der Waals surface area contributed by atoms with Gasteiger partial charge < -0.3 is 9.84 Å². The molecule has 2 N–H and O–H groups in total. The molecule has 0 aromatic rings. The molecule has 0 aromatic carbocycles. The minimum Gasteiger partial charge on any atom is -0.481 e. The summed E-state index contributed by atoms with van der Waals surface area (Å²) in [6, 6.07) is 0. The van der Waals surface area contributed by atoms with E-state index in [1.165, 1.54) is 14.0 Å². The van der Waals surface area contributed by atoms with Gasteiger partial charge in [-0.2, -0.15) is 0 Å². The molecule has 0 fully saturated rings. The largest absolute Gasteiger partial charge is 0.481 e. The summed E-state index contributed by atoms with van der Waals surface area (Å²) >= 11 is 0. The van der Waals surface area contributed by atoms with Gasteiger partial charge in [-0.15, -0.1) is 0 Å². The second-order valence-corrected chi connectivity index (χ2v) is 5.16. The summed E-state index contributed by atoms with van der Waals surface area (Å²) in [6.45, 7) is 1.80. The first-order valence-electron chi connectivity index (χ1n) is 4.58. The number of carbonyl (C=O) groups is 1. The molecule has 0 rings (SSSR count). The number of sulfonamides is 1. The molecule has 7 heteroatoms. The van der Waals surface area contributed by atoms with Crippen LogP contribution < -0.4 is 4.72 Å². The van der Waals surface area contributed by atoms with Crippen LogP contribution in [0.4, 0.5) is 0 Å². The van der Waals surface area contributed by atoms with E-state index in [4.69, 9.17) is 5.11 Å². The fourth-order valence-electron chi connectivity index (χ4n) is 0.820. The Balaban J connectivity index is 3.80. The molecule has 0 amide bonds. The topological polar surface area (TPSA) is 92.7 Å². The first kappa shape index (κ1) is 14.3. The van der Waals surface area contributed by atoms with Crippen molar-refractivity contribution in [2.45, 2.75) is 13.3 Å². The van der Waals surface area contributed by atoms with Crippen molar-refractivity contribution in [3.63, 3.8) is 0 Å².